The van der Waals surface area contributed by atoms with Crippen LogP contribution in [0.5, 0.6) is 0 Å². The second kappa shape index (κ2) is 10.8. The van der Waals surface area contributed by atoms with E-state index >= 15 is 0 Å². The van der Waals surface area contributed by atoms with E-state index in [0.717, 1.165) is 44.3 Å². The number of aromatic amines is 1. The average Bonchev–Trinajstić information content (AvgIpc) is 3.75. The Labute approximate surface area is 263 Å². The van der Waals surface area contributed by atoms with Crippen LogP contribution in [0.4, 0.5) is 0 Å². The van der Waals surface area contributed by atoms with Crippen LogP contribution in [0.2, 0.25) is 0 Å². The van der Waals surface area contributed by atoms with Crippen molar-refractivity contribution in [1.82, 2.24) is 35.0 Å². The predicted molar refractivity (Wildman–Crippen MR) is 182 cm³/mol. The maximum atomic E-state index is 4.57. The molecule has 3 aromatic heterocycles. The van der Waals surface area contributed by atoms with Gasteiger partial charge in [-0.05, 0) is 33.1 Å². The van der Waals surface area contributed by atoms with E-state index in [9.17, 15) is 0 Å². The Balaban J connectivity index is 1.17. The molecule has 0 bridgehead atoms. The summed E-state index contributed by atoms with van der Waals surface area (Å²) in [5, 5.41) is 20.4. The first-order valence-corrected chi connectivity index (χ1v) is 15.6. The first kappa shape index (κ1) is 28.7. The first-order valence-electron chi connectivity index (χ1n) is 15.6. The SMILES string of the molecule is CC(C)(C)c1ccc(Cn2cc(-c3cccc4c3[nH]c3c(-c5cn(Cc6ccc(C(C)(C)C)cc6)nn5)cccc34)nn2)cc1. The van der Waals surface area contributed by atoms with Gasteiger partial charge in [0.1, 0.15) is 11.4 Å². The van der Waals surface area contributed by atoms with Gasteiger partial charge in [-0.1, -0.05) is 137 Å². The van der Waals surface area contributed by atoms with E-state index in [-0.39, 0.29) is 10.8 Å². The average molecular weight is 594 g/mol. The lowest BCUT2D eigenvalue weighted by Gasteiger charge is -2.19. The van der Waals surface area contributed by atoms with Crippen molar-refractivity contribution in [3.63, 3.8) is 0 Å². The van der Waals surface area contributed by atoms with Crippen molar-refractivity contribution in [2.45, 2.75) is 65.5 Å². The van der Waals surface area contributed by atoms with Gasteiger partial charge >= 0.3 is 0 Å². The smallest absolute Gasteiger partial charge is 0.115 e. The Morgan fingerprint density at radius 1 is 0.533 bits per heavy atom. The van der Waals surface area contributed by atoms with Crippen LogP contribution in [0.15, 0.2) is 97.3 Å². The molecule has 226 valence electrons. The summed E-state index contributed by atoms with van der Waals surface area (Å²) >= 11 is 0. The topological polar surface area (TPSA) is 77.2 Å². The summed E-state index contributed by atoms with van der Waals surface area (Å²) in [4.78, 5) is 3.72. The Bertz CT molecular complexity index is 1960. The van der Waals surface area contributed by atoms with Crippen LogP contribution in [0.25, 0.3) is 44.3 Å². The van der Waals surface area contributed by atoms with Gasteiger partial charge < -0.3 is 4.98 Å². The Kier molecular flexibility index (Phi) is 6.92. The summed E-state index contributed by atoms with van der Waals surface area (Å²) in [6.45, 7) is 14.7. The van der Waals surface area contributed by atoms with Crippen LogP contribution in [-0.2, 0) is 23.9 Å². The van der Waals surface area contributed by atoms with Crippen molar-refractivity contribution in [3.8, 4) is 22.5 Å². The fourth-order valence-corrected chi connectivity index (χ4v) is 5.97. The molecule has 45 heavy (non-hydrogen) atoms. The molecule has 0 radical (unpaired) electrons. The highest BCUT2D eigenvalue weighted by atomic mass is 15.4. The third kappa shape index (κ3) is 5.66. The van der Waals surface area contributed by atoms with E-state index in [1.807, 2.05) is 21.8 Å². The molecule has 0 saturated carbocycles. The zero-order valence-corrected chi connectivity index (χ0v) is 26.8. The zero-order valence-electron chi connectivity index (χ0n) is 26.8. The highest BCUT2D eigenvalue weighted by Gasteiger charge is 2.18. The minimum Gasteiger partial charge on any atom is -0.353 e. The Morgan fingerprint density at radius 2 is 0.933 bits per heavy atom. The van der Waals surface area contributed by atoms with Crippen molar-refractivity contribution in [1.29, 1.82) is 0 Å². The number of benzene rings is 4. The molecule has 7 heteroatoms. The quantitative estimate of drug-likeness (QED) is 0.210. The second-order valence-electron chi connectivity index (χ2n) is 14.1. The van der Waals surface area contributed by atoms with Gasteiger partial charge in [0, 0.05) is 21.9 Å². The number of H-pyrrole nitrogens is 1. The van der Waals surface area contributed by atoms with Crippen LogP contribution in [0.3, 0.4) is 0 Å². The van der Waals surface area contributed by atoms with E-state index in [2.05, 4.69) is 152 Å². The van der Waals surface area contributed by atoms with Crippen molar-refractivity contribution < 1.29 is 0 Å². The molecule has 0 amide bonds. The third-order valence-electron chi connectivity index (χ3n) is 8.63. The number of aromatic nitrogens is 7. The maximum Gasteiger partial charge on any atom is 0.115 e. The molecule has 1 N–H and O–H groups in total. The number of rotatable bonds is 6. The van der Waals surface area contributed by atoms with E-state index in [0.29, 0.717) is 13.1 Å². The van der Waals surface area contributed by atoms with Crippen LogP contribution < -0.4 is 0 Å². The molecule has 0 spiro atoms. The van der Waals surface area contributed by atoms with E-state index in [4.69, 9.17) is 0 Å². The summed E-state index contributed by atoms with van der Waals surface area (Å²) in [6, 6.07) is 30.2. The second-order valence-corrected chi connectivity index (χ2v) is 14.1. The van der Waals surface area contributed by atoms with Gasteiger partial charge in [0.2, 0.25) is 0 Å². The zero-order chi connectivity index (χ0) is 31.3. The monoisotopic (exact) mass is 593 g/mol. The highest BCUT2D eigenvalue weighted by molar-refractivity contribution is 6.14. The first-order chi connectivity index (χ1) is 21.5. The number of hydrogen-bond donors (Lipinski definition) is 1. The van der Waals surface area contributed by atoms with E-state index in [1.165, 1.54) is 22.3 Å². The van der Waals surface area contributed by atoms with E-state index in [1.54, 1.807) is 0 Å². The summed E-state index contributed by atoms with van der Waals surface area (Å²) in [5.41, 5.74) is 11.1. The molecule has 0 aliphatic heterocycles. The van der Waals surface area contributed by atoms with Crippen LogP contribution >= 0.6 is 0 Å². The van der Waals surface area contributed by atoms with Gasteiger partial charge in [0.25, 0.3) is 0 Å². The van der Waals surface area contributed by atoms with Gasteiger partial charge in [0.15, 0.2) is 0 Å². The minimum absolute atomic E-state index is 0.131. The molecular weight excluding hydrogens is 554 g/mol. The van der Waals surface area contributed by atoms with Gasteiger partial charge in [-0.25, -0.2) is 9.36 Å². The Morgan fingerprint density at radius 3 is 1.31 bits per heavy atom. The van der Waals surface area contributed by atoms with Gasteiger partial charge in [-0.3, -0.25) is 0 Å². The molecule has 0 aliphatic rings. The summed E-state index contributed by atoms with van der Waals surface area (Å²) in [5.74, 6) is 0. The van der Waals surface area contributed by atoms with Gasteiger partial charge in [0.05, 0.1) is 36.5 Å². The third-order valence-corrected chi connectivity index (χ3v) is 8.63. The van der Waals surface area contributed by atoms with Crippen LogP contribution in [0.1, 0.15) is 63.8 Å². The molecule has 7 nitrogen and oxygen atoms in total. The standard InChI is InChI=1S/C38H39N7/c1-37(2,3)27-17-13-25(14-18-27)21-44-23-33(40-42-44)31-11-7-9-29-30-10-8-12-32(36(30)39-35(29)31)34-24-45(43-41-34)22-26-15-19-28(20-16-26)38(4,5)6/h7-20,23-24,39H,21-22H2,1-6H3. The fraction of sp³-hybridized carbons (Fsp3) is 0.263. The molecule has 3 heterocycles. The van der Waals surface area contributed by atoms with Crippen LogP contribution in [0, 0.1) is 0 Å². The number of fused-ring (bicyclic) bond motifs is 3. The van der Waals surface area contributed by atoms with Gasteiger partial charge in [-0.2, -0.15) is 0 Å². The highest BCUT2D eigenvalue weighted by Crippen LogP contribution is 2.36. The van der Waals surface area contributed by atoms with Crippen molar-refractivity contribution in [2.24, 2.45) is 0 Å². The van der Waals surface area contributed by atoms with Gasteiger partial charge in [-0.15, -0.1) is 10.2 Å². The van der Waals surface area contributed by atoms with E-state index < -0.39 is 0 Å². The molecule has 4 aromatic carbocycles. The number of para-hydroxylation sites is 2. The molecule has 0 atom stereocenters. The molecule has 0 unspecified atom stereocenters. The Hall–Kier alpha value is -5.04. The summed E-state index contributed by atoms with van der Waals surface area (Å²) in [7, 11) is 0. The number of hydrogen-bond acceptors (Lipinski definition) is 4. The number of nitrogens with zero attached hydrogens (tertiary/aromatic N) is 6. The van der Waals surface area contributed by atoms with Crippen molar-refractivity contribution in [3.05, 3.63) is 120 Å². The minimum atomic E-state index is 0.131. The van der Waals surface area contributed by atoms with Crippen molar-refractivity contribution >= 4 is 21.8 Å². The summed E-state index contributed by atoms with van der Waals surface area (Å²) in [6.07, 6.45) is 4.05. The lowest BCUT2D eigenvalue weighted by molar-refractivity contribution is 0.588. The molecule has 0 aliphatic carbocycles. The van der Waals surface area contributed by atoms with Crippen LogP contribution in [-0.4, -0.2) is 35.0 Å². The predicted octanol–water partition coefficient (Wildman–Crippen LogP) is 8.53. The van der Waals surface area contributed by atoms with Crippen molar-refractivity contribution in [2.75, 3.05) is 0 Å². The lowest BCUT2D eigenvalue weighted by Crippen LogP contribution is -2.11. The fourth-order valence-electron chi connectivity index (χ4n) is 5.97. The molecule has 0 fully saturated rings. The molecular formula is C38H39N7. The number of nitrogens with one attached hydrogen (secondary N) is 1. The maximum absolute atomic E-state index is 4.57. The normalized spacial score (nSPS) is 12.4. The molecule has 7 aromatic rings. The largest absolute Gasteiger partial charge is 0.353 e. The molecule has 7 rings (SSSR count). The summed E-state index contributed by atoms with van der Waals surface area (Å²) < 4.78 is 3.81. The lowest BCUT2D eigenvalue weighted by atomic mass is 9.87. The molecule has 0 saturated heterocycles.